The van der Waals surface area contributed by atoms with Gasteiger partial charge in [-0.2, -0.15) is 0 Å². The Balaban J connectivity index is 1.67. The molecule has 2 aromatic carbocycles. The Morgan fingerprint density at radius 1 is 1.03 bits per heavy atom. The maximum atomic E-state index is 12.8. The number of carbonyl (C=O) groups excluding carboxylic acids is 2. The van der Waals surface area contributed by atoms with Crippen molar-refractivity contribution >= 4 is 64.1 Å². The maximum absolute atomic E-state index is 12.8. The Morgan fingerprint density at radius 3 is 2.36 bits per heavy atom. The fourth-order valence-corrected chi connectivity index (χ4v) is 4.12. The zero-order valence-electron chi connectivity index (χ0n) is 18.1. The molecule has 3 rings (SSSR count). The number of rotatable bonds is 8. The average Bonchev–Trinajstić information content (AvgIpc) is 3.13. The summed E-state index contributed by atoms with van der Waals surface area (Å²) in [4.78, 5) is 25.1. The zero-order valence-corrected chi connectivity index (χ0v) is 21.2. The Hall–Kier alpha value is -2.26. The number of halogens is 3. The largest absolute Gasteiger partial charge is 0.342 e. The summed E-state index contributed by atoms with van der Waals surface area (Å²) in [6.45, 7) is 3.95. The molecule has 0 saturated carbocycles. The van der Waals surface area contributed by atoms with Gasteiger partial charge in [0.25, 0.3) is 5.91 Å². The van der Waals surface area contributed by atoms with E-state index < -0.39 is 6.04 Å². The molecule has 33 heavy (non-hydrogen) atoms. The number of aromatic nitrogens is 3. The SMILES string of the molecule is CC(C)[C@@H](NC(=O)c1ccc(Cl)c(Cl)c1)c1nnc(SCC(=O)Nc2ccc(Cl)cc2)n1C. The lowest BCUT2D eigenvalue weighted by Gasteiger charge is -2.22. The summed E-state index contributed by atoms with van der Waals surface area (Å²) >= 11 is 19.1. The van der Waals surface area contributed by atoms with E-state index in [1.54, 1.807) is 48.0 Å². The second-order valence-corrected chi connectivity index (χ2v) is 9.76. The van der Waals surface area contributed by atoms with E-state index in [-0.39, 0.29) is 23.5 Å². The van der Waals surface area contributed by atoms with Crippen LogP contribution in [0.15, 0.2) is 47.6 Å². The molecule has 0 bridgehead atoms. The Kier molecular flexibility index (Phi) is 8.64. The molecule has 0 spiro atoms. The predicted molar refractivity (Wildman–Crippen MR) is 133 cm³/mol. The monoisotopic (exact) mass is 525 g/mol. The first-order chi connectivity index (χ1) is 15.7. The number of nitrogens with one attached hydrogen (secondary N) is 2. The molecular formula is C22H22Cl3N5O2S. The van der Waals surface area contributed by atoms with Crippen LogP contribution >= 0.6 is 46.6 Å². The van der Waals surface area contributed by atoms with Crippen LogP contribution in [-0.2, 0) is 11.8 Å². The number of hydrogen-bond acceptors (Lipinski definition) is 5. The van der Waals surface area contributed by atoms with E-state index in [0.717, 1.165) is 0 Å². The Labute approximate surface area is 211 Å². The minimum Gasteiger partial charge on any atom is -0.342 e. The smallest absolute Gasteiger partial charge is 0.251 e. The summed E-state index contributed by atoms with van der Waals surface area (Å²) in [5, 5.41) is 16.1. The maximum Gasteiger partial charge on any atom is 0.251 e. The molecule has 0 aliphatic rings. The van der Waals surface area contributed by atoms with Gasteiger partial charge in [-0.3, -0.25) is 9.59 Å². The highest BCUT2D eigenvalue weighted by atomic mass is 35.5. The fraction of sp³-hybridized carbons (Fsp3) is 0.273. The van der Waals surface area contributed by atoms with Crippen molar-refractivity contribution < 1.29 is 9.59 Å². The lowest BCUT2D eigenvalue weighted by atomic mass is 10.0. The van der Waals surface area contributed by atoms with E-state index in [2.05, 4.69) is 20.8 Å². The van der Waals surface area contributed by atoms with Crippen LogP contribution in [0.3, 0.4) is 0 Å². The van der Waals surface area contributed by atoms with Gasteiger partial charge in [0.1, 0.15) is 0 Å². The minimum absolute atomic E-state index is 0.0330. The summed E-state index contributed by atoms with van der Waals surface area (Å²) in [5.41, 5.74) is 1.05. The predicted octanol–water partition coefficient (Wildman–Crippen LogP) is 5.63. The molecule has 0 radical (unpaired) electrons. The molecular weight excluding hydrogens is 505 g/mol. The van der Waals surface area contributed by atoms with Gasteiger partial charge in [-0.1, -0.05) is 60.4 Å². The van der Waals surface area contributed by atoms with Crippen LogP contribution in [-0.4, -0.2) is 32.3 Å². The molecule has 1 aromatic heterocycles. The first-order valence-corrected chi connectivity index (χ1v) is 12.1. The van der Waals surface area contributed by atoms with Crippen molar-refractivity contribution in [1.82, 2.24) is 20.1 Å². The van der Waals surface area contributed by atoms with E-state index in [1.807, 2.05) is 13.8 Å². The molecule has 1 heterocycles. The topological polar surface area (TPSA) is 88.9 Å². The molecule has 0 unspecified atom stereocenters. The fourth-order valence-electron chi connectivity index (χ4n) is 2.97. The van der Waals surface area contributed by atoms with Crippen LogP contribution in [0, 0.1) is 5.92 Å². The van der Waals surface area contributed by atoms with Crippen molar-refractivity contribution in [1.29, 1.82) is 0 Å². The van der Waals surface area contributed by atoms with Gasteiger partial charge in [0.05, 0.1) is 21.8 Å². The van der Waals surface area contributed by atoms with Crippen LogP contribution < -0.4 is 10.6 Å². The van der Waals surface area contributed by atoms with Crippen molar-refractivity contribution in [3.8, 4) is 0 Å². The van der Waals surface area contributed by atoms with Crippen molar-refractivity contribution in [3.05, 3.63) is 68.9 Å². The normalized spacial score (nSPS) is 12.0. The minimum atomic E-state index is -0.401. The second-order valence-electron chi connectivity index (χ2n) is 7.57. The Bertz CT molecular complexity index is 1150. The number of nitrogens with zero attached hydrogens (tertiary/aromatic N) is 3. The molecule has 11 heteroatoms. The third kappa shape index (κ3) is 6.63. The van der Waals surface area contributed by atoms with Crippen LogP contribution in [0.25, 0.3) is 0 Å². The van der Waals surface area contributed by atoms with Gasteiger partial charge in [0.2, 0.25) is 5.91 Å². The highest BCUT2D eigenvalue weighted by Crippen LogP contribution is 2.26. The van der Waals surface area contributed by atoms with Crippen molar-refractivity contribution in [2.45, 2.75) is 25.0 Å². The number of thioether (sulfide) groups is 1. The summed E-state index contributed by atoms with van der Waals surface area (Å²) in [5.74, 6) is 0.285. The van der Waals surface area contributed by atoms with Gasteiger partial charge in [0, 0.05) is 23.3 Å². The number of benzene rings is 2. The van der Waals surface area contributed by atoms with Gasteiger partial charge in [-0.05, 0) is 48.4 Å². The summed E-state index contributed by atoms with van der Waals surface area (Å²) < 4.78 is 1.78. The number of carbonyl (C=O) groups is 2. The van der Waals surface area contributed by atoms with E-state index >= 15 is 0 Å². The Morgan fingerprint density at radius 2 is 1.73 bits per heavy atom. The average molecular weight is 527 g/mol. The number of amides is 2. The van der Waals surface area contributed by atoms with Gasteiger partial charge >= 0.3 is 0 Å². The van der Waals surface area contributed by atoms with Crippen LogP contribution in [0.1, 0.15) is 36.1 Å². The van der Waals surface area contributed by atoms with Crippen LogP contribution in [0.5, 0.6) is 0 Å². The van der Waals surface area contributed by atoms with E-state index in [1.165, 1.54) is 17.8 Å². The van der Waals surface area contributed by atoms with E-state index in [0.29, 0.717) is 37.3 Å². The standard InChI is InChI=1S/C22H22Cl3N5O2S/c1-12(2)19(27-21(32)13-4-9-16(24)17(25)10-13)20-28-29-22(30(20)3)33-11-18(31)26-15-7-5-14(23)6-8-15/h4-10,12,19H,11H2,1-3H3,(H,26,31)(H,27,32)/t19-/m1/s1. The molecule has 0 saturated heterocycles. The van der Waals surface area contributed by atoms with Gasteiger partial charge < -0.3 is 15.2 Å². The molecule has 0 aliphatic heterocycles. The first-order valence-electron chi connectivity index (χ1n) is 9.99. The number of anilines is 1. The summed E-state index contributed by atoms with van der Waals surface area (Å²) in [6, 6.07) is 11.2. The van der Waals surface area contributed by atoms with Gasteiger partial charge in [-0.25, -0.2) is 0 Å². The van der Waals surface area contributed by atoms with Crippen molar-refractivity contribution in [2.24, 2.45) is 13.0 Å². The van der Waals surface area contributed by atoms with E-state index in [4.69, 9.17) is 34.8 Å². The molecule has 2 N–H and O–H groups in total. The molecule has 174 valence electrons. The second kappa shape index (κ2) is 11.2. The van der Waals surface area contributed by atoms with Crippen LogP contribution in [0.4, 0.5) is 5.69 Å². The quantitative estimate of drug-likeness (QED) is 0.371. The highest BCUT2D eigenvalue weighted by Gasteiger charge is 2.25. The lowest BCUT2D eigenvalue weighted by Crippen LogP contribution is -2.33. The number of hydrogen-bond donors (Lipinski definition) is 2. The molecule has 0 fully saturated rings. The van der Waals surface area contributed by atoms with Crippen LogP contribution in [0.2, 0.25) is 15.1 Å². The van der Waals surface area contributed by atoms with Crippen molar-refractivity contribution in [2.75, 3.05) is 11.1 Å². The van der Waals surface area contributed by atoms with E-state index in [9.17, 15) is 9.59 Å². The third-order valence-electron chi connectivity index (χ3n) is 4.74. The highest BCUT2D eigenvalue weighted by molar-refractivity contribution is 7.99. The molecule has 1 atom stereocenters. The molecule has 3 aromatic rings. The zero-order chi connectivity index (χ0) is 24.1. The third-order valence-corrected chi connectivity index (χ3v) is 6.75. The first kappa shape index (κ1) is 25.4. The molecule has 0 aliphatic carbocycles. The lowest BCUT2D eigenvalue weighted by molar-refractivity contribution is -0.113. The van der Waals surface area contributed by atoms with Gasteiger partial charge in [-0.15, -0.1) is 10.2 Å². The summed E-state index contributed by atoms with van der Waals surface area (Å²) in [7, 11) is 1.80. The summed E-state index contributed by atoms with van der Waals surface area (Å²) in [6.07, 6.45) is 0. The van der Waals surface area contributed by atoms with Crippen molar-refractivity contribution in [3.63, 3.8) is 0 Å². The van der Waals surface area contributed by atoms with Gasteiger partial charge in [0.15, 0.2) is 11.0 Å². The molecule has 2 amide bonds. The molecule has 7 nitrogen and oxygen atoms in total.